The first-order chi connectivity index (χ1) is 8.31. The molecule has 2 rings (SSSR count). The Hall–Kier alpha value is -1.77. The van der Waals surface area contributed by atoms with Crippen LogP contribution in [0.2, 0.25) is 0 Å². The van der Waals surface area contributed by atoms with Gasteiger partial charge in [-0.15, -0.1) is 0 Å². The monoisotopic (exact) mass is 231 g/mol. The molecule has 1 aliphatic heterocycles. The summed E-state index contributed by atoms with van der Waals surface area (Å²) in [5.41, 5.74) is 0. The minimum absolute atomic E-state index is 0.00385. The van der Waals surface area contributed by atoms with E-state index in [0.717, 1.165) is 25.1 Å². The van der Waals surface area contributed by atoms with E-state index in [0.29, 0.717) is 6.61 Å². The topological polar surface area (TPSA) is 29.5 Å². The molecule has 0 N–H and O–H groups in total. The number of likely N-dealkylation sites (tertiary alicyclic amines) is 1. The third-order valence-electron chi connectivity index (χ3n) is 3.02. The Bertz CT molecular complexity index is 388. The summed E-state index contributed by atoms with van der Waals surface area (Å²) in [6, 6.07) is 9.87. The zero-order valence-electron chi connectivity index (χ0n) is 9.84. The van der Waals surface area contributed by atoms with Crippen LogP contribution in [0, 0.1) is 0 Å². The fourth-order valence-electron chi connectivity index (χ4n) is 2.13. The fraction of sp³-hybridized carbons (Fsp3) is 0.357. The number of ether oxygens (including phenoxy) is 1. The third-order valence-corrected chi connectivity index (χ3v) is 3.02. The van der Waals surface area contributed by atoms with Gasteiger partial charge in [0.05, 0.1) is 6.04 Å². The zero-order valence-corrected chi connectivity index (χ0v) is 9.84. The standard InChI is InChI=1S/C14H17NO2/c1-2-14(16)15-10-6-7-12(15)11-17-13-8-4-3-5-9-13/h2-5,8-9,12H,1,6-7,10-11H2/t12-/m1/s1. The number of carbonyl (C=O) groups is 1. The lowest BCUT2D eigenvalue weighted by Gasteiger charge is -2.23. The number of rotatable bonds is 4. The highest BCUT2D eigenvalue weighted by atomic mass is 16.5. The summed E-state index contributed by atoms with van der Waals surface area (Å²) in [6.45, 7) is 4.90. The number of hydrogen-bond donors (Lipinski definition) is 0. The molecule has 1 fully saturated rings. The van der Waals surface area contributed by atoms with Crippen molar-refractivity contribution in [2.75, 3.05) is 13.2 Å². The second-order valence-electron chi connectivity index (χ2n) is 4.16. The van der Waals surface area contributed by atoms with Crippen molar-refractivity contribution in [3.05, 3.63) is 43.0 Å². The minimum Gasteiger partial charge on any atom is -0.491 e. The summed E-state index contributed by atoms with van der Waals surface area (Å²) in [4.78, 5) is 13.4. The van der Waals surface area contributed by atoms with Crippen LogP contribution in [-0.4, -0.2) is 30.0 Å². The van der Waals surface area contributed by atoms with Gasteiger partial charge in [0.25, 0.3) is 0 Å². The van der Waals surface area contributed by atoms with Gasteiger partial charge in [-0.1, -0.05) is 24.8 Å². The van der Waals surface area contributed by atoms with Gasteiger partial charge in [-0.05, 0) is 31.1 Å². The quantitative estimate of drug-likeness (QED) is 0.744. The molecule has 1 aromatic rings. The van der Waals surface area contributed by atoms with Crippen molar-refractivity contribution in [1.29, 1.82) is 0 Å². The van der Waals surface area contributed by atoms with E-state index < -0.39 is 0 Å². The molecule has 0 saturated carbocycles. The Morgan fingerprint density at radius 3 is 2.94 bits per heavy atom. The van der Waals surface area contributed by atoms with Crippen molar-refractivity contribution in [3.8, 4) is 5.75 Å². The molecule has 1 saturated heterocycles. The Morgan fingerprint density at radius 1 is 1.47 bits per heavy atom. The van der Waals surface area contributed by atoms with E-state index in [1.807, 2.05) is 35.2 Å². The van der Waals surface area contributed by atoms with Crippen LogP contribution in [0.1, 0.15) is 12.8 Å². The highest BCUT2D eigenvalue weighted by Crippen LogP contribution is 2.19. The molecule has 0 bridgehead atoms. The van der Waals surface area contributed by atoms with Crippen LogP contribution in [0.25, 0.3) is 0 Å². The van der Waals surface area contributed by atoms with E-state index in [1.54, 1.807) is 0 Å². The average molecular weight is 231 g/mol. The van der Waals surface area contributed by atoms with Gasteiger partial charge >= 0.3 is 0 Å². The van der Waals surface area contributed by atoms with Gasteiger partial charge in [0.1, 0.15) is 12.4 Å². The van der Waals surface area contributed by atoms with Crippen molar-refractivity contribution in [2.45, 2.75) is 18.9 Å². The largest absolute Gasteiger partial charge is 0.491 e. The SMILES string of the molecule is C=CC(=O)N1CCC[C@@H]1COc1ccccc1. The molecule has 0 spiro atoms. The van der Waals surface area contributed by atoms with Gasteiger partial charge in [0, 0.05) is 6.54 Å². The number of benzene rings is 1. The van der Waals surface area contributed by atoms with Crippen LogP contribution in [0.15, 0.2) is 43.0 Å². The molecule has 1 aromatic carbocycles. The smallest absolute Gasteiger partial charge is 0.246 e. The number of hydrogen-bond acceptors (Lipinski definition) is 2. The fourth-order valence-corrected chi connectivity index (χ4v) is 2.13. The molecule has 1 aliphatic rings. The Labute approximate surface area is 102 Å². The maximum Gasteiger partial charge on any atom is 0.246 e. The normalized spacial score (nSPS) is 19.1. The second kappa shape index (κ2) is 5.53. The first kappa shape index (κ1) is 11.7. The summed E-state index contributed by atoms with van der Waals surface area (Å²) < 4.78 is 5.69. The molecule has 17 heavy (non-hydrogen) atoms. The van der Waals surface area contributed by atoms with Crippen molar-refractivity contribution in [1.82, 2.24) is 4.90 Å². The van der Waals surface area contributed by atoms with Crippen LogP contribution >= 0.6 is 0 Å². The summed E-state index contributed by atoms with van der Waals surface area (Å²) in [5, 5.41) is 0. The maximum atomic E-state index is 11.6. The third kappa shape index (κ3) is 2.87. The lowest BCUT2D eigenvalue weighted by Crippen LogP contribution is -2.37. The van der Waals surface area contributed by atoms with Crippen LogP contribution in [0.4, 0.5) is 0 Å². The van der Waals surface area contributed by atoms with E-state index in [2.05, 4.69) is 6.58 Å². The minimum atomic E-state index is 0.00385. The molecule has 1 atom stereocenters. The van der Waals surface area contributed by atoms with Crippen LogP contribution in [0.5, 0.6) is 5.75 Å². The number of nitrogens with zero attached hydrogens (tertiary/aromatic N) is 1. The van der Waals surface area contributed by atoms with Crippen LogP contribution < -0.4 is 4.74 Å². The molecule has 3 heteroatoms. The summed E-state index contributed by atoms with van der Waals surface area (Å²) in [5.74, 6) is 0.856. The predicted octanol–water partition coefficient (Wildman–Crippen LogP) is 2.24. The van der Waals surface area contributed by atoms with Gasteiger partial charge in [-0.3, -0.25) is 4.79 Å². The number of carbonyl (C=O) groups excluding carboxylic acids is 1. The van der Waals surface area contributed by atoms with Gasteiger partial charge in [0.15, 0.2) is 0 Å². The van der Waals surface area contributed by atoms with E-state index in [4.69, 9.17) is 4.74 Å². The maximum absolute atomic E-state index is 11.6. The van der Waals surface area contributed by atoms with Crippen LogP contribution in [0.3, 0.4) is 0 Å². The Kier molecular flexibility index (Phi) is 3.81. The summed E-state index contributed by atoms with van der Waals surface area (Å²) in [7, 11) is 0. The van der Waals surface area contributed by atoms with Crippen molar-refractivity contribution in [3.63, 3.8) is 0 Å². The molecule has 0 radical (unpaired) electrons. The van der Waals surface area contributed by atoms with Crippen molar-refractivity contribution < 1.29 is 9.53 Å². The van der Waals surface area contributed by atoms with Gasteiger partial charge in [-0.25, -0.2) is 0 Å². The highest BCUT2D eigenvalue weighted by molar-refractivity contribution is 5.87. The average Bonchev–Trinajstić information content (AvgIpc) is 2.85. The number of para-hydroxylation sites is 1. The molecule has 0 unspecified atom stereocenters. The predicted molar refractivity (Wildman–Crippen MR) is 66.9 cm³/mol. The molecule has 1 heterocycles. The molecule has 3 nitrogen and oxygen atoms in total. The first-order valence-corrected chi connectivity index (χ1v) is 5.92. The van der Waals surface area contributed by atoms with E-state index in [9.17, 15) is 4.79 Å². The zero-order chi connectivity index (χ0) is 12.1. The summed E-state index contributed by atoms with van der Waals surface area (Å²) in [6.07, 6.45) is 3.43. The number of amides is 1. The van der Waals surface area contributed by atoms with Crippen molar-refractivity contribution >= 4 is 5.91 Å². The van der Waals surface area contributed by atoms with Gasteiger partial charge in [-0.2, -0.15) is 0 Å². The molecular formula is C14H17NO2. The van der Waals surface area contributed by atoms with E-state index in [-0.39, 0.29) is 11.9 Å². The van der Waals surface area contributed by atoms with Crippen LogP contribution in [-0.2, 0) is 4.79 Å². The van der Waals surface area contributed by atoms with E-state index in [1.165, 1.54) is 6.08 Å². The Morgan fingerprint density at radius 2 is 2.24 bits per heavy atom. The van der Waals surface area contributed by atoms with E-state index >= 15 is 0 Å². The Balaban J connectivity index is 1.90. The first-order valence-electron chi connectivity index (χ1n) is 5.92. The molecule has 0 aliphatic carbocycles. The van der Waals surface area contributed by atoms with Gasteiger partial charge < -0.3 is 9.64 Å². The highest BCUT2D eigenvalue weighted by Gasteiger charge is 2.27. The molecule has 90 valence electrons. The van der Waals surface area contributed by atoms with Gasteiger partial charge in [0.2, 0.25) is 5.91 Å². The molecular weight excluding hydrogens is 214 g/mol. The molecule has 1 amide bonds. The lowest BCUT2D eigenvalue weighted by molar-refractivity contribution is -0.127. The second-order valence-corrected chi connectivity index (χ2v) is 4.16. The molecule has 0 aromatic heterocycles. The summed E-state index contributed by atoms with van der Waals surface area (Å²) >= 11 is 0. The van der Waals surface area contributed by atoms with Crippen molar-refractivity contribution in [2.24, 2.45) is 0 Å². The lowest BCUT2D eigenvalue weighted by atomic mass is 10.2.